The summed E-state index contributed by atoms with van der Waals surface area (Å²) in [7, 11) is 0. The van der Waals surface area contributed by atoms with Gasteiger partial charge in [0.15, 0.2) is 0 Å². The van der Waals surface area contributed by atoms with Crippen LogP contribution in [0.5, 0.6) is 0 Å². The van der Waals surface area contributed by atoms with Gasteiger partial charge in [0.2, 0.25) is 0 Å². The number of hydrogen-bond acceptors (Lipinski definition) is 5. The van der Waals surface area contributed by atoms with Gasteiger partial charge in [-0.3, -0.25) is 0 Å². The molecule has 1 aromatic carbocycles. The van der Waals surface area contributed by atoms with Crippen LogP contribution >= 0.6 is 0 Å². The van der Waals surface area contributed by atoms with Gasteiger partial charge < -0.3 is 19.8 Å². The van der Waals surface area contributed by atoms with Gasteiger partial charge in [-0.2, -0.15) is 0 Å². The van der Waals surface area contributed by atoms with Gasteiger partial charge in [0, 0.05) is 23.7 Å². The lowest BCUT2D eigenvalue weighted by molar-refractivity contribution is 0.0724. The first-order valence-corrected chi connectivity index (χ1v) is 6.78. The van der Waals surface area contributed by atoms with Crippen LogP contribution in [0.1, 0.15) is 5.56 Å². The molecule has 0 bridgehead atoms. The molecule has 0 radical (unpaired) electrons. The van der Waals surface area contributed by atoms with Gasteiger partial charge in [0.25, 0.3) is 0 Å². The molecule has 106 valence electrons. The summed E-state index contributed by atoms with van der Waals surface area (Å²) in [6.45, 7) is 1.86. The minimum Gasteiger partial charge on any atom is -0.394 e. The Balaban J connectivity index is 2.11. The van der Waals surface area contributed by atoms with Gasteiger partial charge in [0.1, 0.15) is 5.82 Å². The largest absolute Gasteiger partial charge is 0.394 e. The normalized spacial score (nSPS) is 19.5. The molecule has 3 rings (SSSR count). The van der Waals surface area contributed by atoms with E-state index < -0.39 is 0 Å². The molecule has 1 unspecified atom stereocenters. The standard InChI is InChI=1S/C15H18N2O3/c18-8-11-7-16-15(14-4-2-1-3-13(11)14)17-5-6-20-10-12(17)9-19/h1-4,7,12,18-19H,5-6,8-10H2. The van der Waals surface area contributed by atoms with Crippen LogP contribution in [0.15, 0.2) is 30.5 Å². The lowest BCUT2D eigenvalue weighted by atomic mass is 10.1. The molecular formula is C15H18N2O3. The lowest BCUT2D eigenvalue weighted by Gasteiger charge is -2.36. The molecule has 1 fully saturated rings. The predicted molar refractivity (Wildman–Crippen MR) is 76.7 cm³/mol. The number of nitrogens with zero attached hydrogens (tertiary/aromatic N) is 2. The molecular weight excluding hydrogens is 256 g/mol. The van der Waals surface area contributed by atoms with E-state index in [1.165, 1.54) is 0 Å². The summed E-state index contributed by atoms with van der Waals surface area (Å²) in [4.78, 5) is 6.59. The second kappa shape index (κ2) is 5.75. The number of rotatable bonds is 3. The number of aliphatic hydroxyl groups excluding tert-OH is 2. The molecule has 5 nitrogen and oxygen atoms in total. The molecule has 2 heterocycles. The highest BCUT2D eigenvalue weighted by atomic mass is 16.5. The third kappa shape index (κ3) is 2.24. The van der Waals surface area contributed by atoms with E-state index in [1.54, 1.807) is 6.20 Å². The van der Waals surface area contributed by atoms with E-state index in [0.29, 0.717) is 19.8 Å². The van der Waals surface area contributed by atoms with Crippen molar-refractivity contribution in [1.82, 2.24) is 4.98 Å². The third-order valence-corrected chi connectivity index (χ3v) is 3.74. The van der Waals surface area contributed by atoms with Crippen LogP contribution in [0.25, 0.3) is 10.8 Å². The van der Waals surface area contributed by atoms with E-state index in [-0.39, 0.29) is 19.3 Å². The van der Waals surface area contributed by atoms with Crippen LogP contribution < -0.4 is 4.90 Å². The summed E-state index contributed by atoms with van der Waals surface area (Å²) < 4.78 is 5.41. The number of aromatic nitrogens is 1. The SMILES string of the molecule is OCc1cnc(N2CCOCC2CO)c2ccccc12. The van der Waals surface area contributed by atoms with Crippen molar-refractivity contribution in [2.45, 2.75) is 12.6 Å². The maximum atomic E-state index is 9.51. The Kier molecular flexibility index (Phi) is 3.82. The molecule has 1 aliphatic rings. The van der Waals surface area contributed by atoms with E-state index in [4.69, 9.17) is 4.74 Å². The lowest BCUT2D eigenvalue weighted by Crippen LogP contribution is -2.48. The first kappa shape index (κ1) is 13.3. The van der Waals surface area contributed by atoms with Crippen LogP contribution in [0, 0.1) is 0 Å². The van der Waals surface area contributed by atoms with Gasteiger partial charge >= 0.3 is 0 Å². The van der Waals surface area contributed by atoms with Crippen molar-refractivity contribution >= 4 is 16.6 Å². The van der Waals surface area contributed by atoms with Crippen molar-refractivity contribution < 1.29 is 14.9 Å². The van der Waals surface area contributed by atoms with Crippen LogP contribution in [0.2, 0.25) is 0 Å². The molecule has 0 aliphatic carbocycles. The number of pyridine rings is 1. The van der Waals surface area contributed by atoms with E-state index in [1.807, 2.05) is 24.3 Å². The fourth-order valence-corrected chi connectivity index (χ4v) is 2.68. The van der Waals surface area contributed by atoms with Gasteiger partial charge in [-0.05, 0) is 5.39 Å². The molecule has 0 saturated carbocycles. The van der Waals surface area contributed by atoms with Crippen LogP contribution in [0.3, 0.4) is 0 Å². The van der Waals surface area contributed by atoms with Crippen molar-refractivity contribution in [3.8, 4) is 0 Å². The van der Waals surface area contributed by atoms with Gasteiger partial charge in [-0.15, -0.1) is 0 Å². The van der Waals surface area contributed by atoms with Crippen LogP contribution in [-0.4, -0.2) is 47.6 Å². The number of ether oxygens (including phenoxy) is 1. The van der Waals surface area contributed by atoms with E-state index in [0.717, 1.165) is 22.2 Å². The first-order valence-electron chi connectivity index (χ1n) is 6.78. The first-order chi connectivity index (χ1) is 9.85. The van der Waals surface area contributed by atoms with Crippen LogP contribution in [0.4, 0.5) is 5.82 Å². The smallest absolute Gasteiger partial charge is 0.136 e. The Hall–Kier alpha value is -1.69. The molecule has 2 N–H and O–H groups in total. The number of morpholine rings is 1. The number of benzene rings is 1. The highest BCUT2D eigenvalue weighted by molar-refractivity contribution is 5.94. The van der Waals surface area contributed by atoms with Crippen molar-refractivity contribution in [3.63, 3.8) is 0 Å². The zero-order valence-corrected chi connectivity index (χ0v) is 11.2. The maximum Gasteiger partial charge on any atom is 0.136 e. The van der Waals surface area contributed by atoms with E-state index in [2.05, 4.69) is 9.88 Å². The highest BCUT2D eigenvalue weighted by Gasteiger charge is 2.25. The summed E-state index contributed by atoms with van der Waals surface area (Å²) >= 11 is 0. The van der Waals surface area contributed by atoms with Gasteiger partial charge in [-0.1, -0.05) is 24.3 Å². The number of aliphatic hydroxyl groups is 2. The van der Waals surface area contributed by atoms with Gasteiger partial charge in [0.05, 0.1) is 32.5 Å². The molecule has 5 heteroatoms. The maximum absolute atomic E-state index is 9.51. The average molecular weight is 274 g/mol. The minimum absolute atomic E-state index is 0.0274. The van der Waals surface area contributed by atoms with Crippen molar-refractivity contribution in [3.05, 3.63) is 36.0 Å². The summed E-state index contributed by atoms with van der Waals surface area (Å²) in [6.07, 6.45) is 1.71. The van der Waals surface area contributed by atoms with E-state index >= 15 is 0 Å². The number of hydrogen-bond donors (Lipinski definition) is 2. The zero-order valence-electron chi connectivity index (χ0n) is 11.2. The monoisotopic (exact) mass is 274 g/mol. The van der Waals surface area contributed by atoms with Gasteiger partial charge in [-0.25, -0.2) is 4.98 Å². The Morgan fingerprint density at radius 1 is 1.25 bits per heavy atom. The molecule has 1 atom stereocenters. The predicted octanol–water partition coefficient (Wildman–Crippen LogP) is 0.925. The summed E-state index contributed by atoms with van der Waals surface area (Å²) in [5.74, 6) is 0.847. The van der Waals surface area contributed by atoms with Crippen molar-refractivity contribution in [1.29, 1.82) is 0 Å². The number of anilines is 1. The molecule has 20 heavy (non-hydrogen) atoms. The molecule has 0 spiro atoms. The fraction of sp³-hybridized carbons (Fsp3) is 0.400. The molecule has 1 aliphatic heterocycles. The molecule has 1 aromatic heterocycles. The number of fused-ring (bicyclic) bond motifs is 1. The topological polar surface area (TPSA) is 65.8 Å². The Labute approximate surface area is 117 Å². The Morgan fingerprint density at radius 2 is 2.05 bits per heavy atom. The zero-order chi connectivity index (χ0) is 13.9. The van der Waals surface area contributed by atoms with Crippen LogP contribution in [-0.2, 0) is 11.3 Å². The Morgan fingerprint density at radius 3 is 2.80 bits per heavy atom. The van der Waals surface area contributed by atoms with Crippen molar-refractivity contribution in [2.24, 2.45) is 0 Å². The van der Waals surface area contributed by atoms with E-state index in [9.17, 15) is 10.2 Å². The third-order valence-electron chi connectivity index (χ3n) is 3.74. The molecule has 2 aromatic rings. The Bertz CT molecular complexity index is 603. The second-order valence-corrected chi connectivity index (χ2v) is 4.92. The quantitative estimate of drug-likeness (QED) is 0.871. The summed E-state index contributed by atoms with van der Waals surface area (Å²) in [6, 6.07) is 7.83. The minimum atomic E-state index is -0.0698. The molecule has 0 amide bonds. The second-order valence-electron chi connectivity index (χ2n) is 4.92. The van der Waals surface area contributed by atoms with Crippen molar-refractivity contribution in [2.75, 3.05) is 31.3 Å². The summed E-state index contributed by atoms with van der Waals surface area (Å²) in [5, 5.41) is 20.9. The highest BCUT2D eigenvalue weighted by Crippen LogP contribution is 2.29. The summed E-state index contributed by atoms with van der Waals surface area (Å²) in [5.41, 5.74) is 0.818. The average Bonchev–Trinajstić information content (AvgIpc) is 2.53. The fourth-order valence-electron chi connectivity index (χ4n) is 2.68. The molecule has 1 saturated heterocycles.